The molecule has 0 aliphatic carbocycles. The van der Waals surface area contributed by atoms with Crippen molar-refractivity contribution in [3.8, 4) is 17.0 Å². The minimum Gasteiger partial charge on any atom is -0.496 e. The third kappa shape index (κ3) is 9.41. The number of amides is 3. The first-order chi connectivity index (χ1) is 25.8. The monoisotopic (exact) mass is 741 g/mol. The Morgan fingerprint density at radius 1 is 0.849 bits per heavy atom. The van der Waals surface area contributed by atoms with Gasteiger partial charge in [-0.15, -0.1) is 23.1 Å². The fraction of sp³-hybridized carbons (Fsp3) is 0.0500. The van der Waals surface area contributed by atoms with E-state index in [-0.39, 0.29) is 17.3 Å². The minimum absolute atomic E-state index is 0.0803. The summed E-state index contributed by atoms with van der Waals surface area (Å²) in [5.41, 5.74) is 3.28. The number of nitrogens with one attached hydrogen (secondary N) is 3. The summed E-state index contributed by atoms with van der Waals surface area (Å²) in [6.07, 6.45) is 1.44. The van der Waals surface area contributed by atoms with Gasteiger partial charge in [-0.1, -0.05) is 66.7 Å². The number of benzene rings is 5. The Balaban J connectivity index is 1.22. The first-order valence-electron chi connectivity index (χ1n) is 16.1. The van der Waals surface area contributed by atoms with Gasteiger partial charge in [-0.25, -0.2) is 4.98 Å². The van der Waals surface area contributed by atoms with E-state index in [4.69, 9.17) is 4.74 Å². The van der Waals surface area contributed by atoms with Crippen molar-refractivity contribution >= 4 is 63.4 Å². The molecule has 1 unspecified atom stereocenters. The summed E-state index contributed by atoms with van der Waals surface area (Å²) in [7, 11) is 1.59. The van der Waals surface area contributed by atoms with Crippen molar-refractivity contribution in [3.63, 3.8) is 0 Å². The second-order valence-corrected chi connectivity index (χ2v) is 13.4. The largest absolute Gasteiger partial charge is 0.496 e. The van der Waals surface area contributed by atoms with Gasteiger partial charge in [0.15, 0.2) is 5.13 Å². The van der Waals surface area contributed by atoms with Crippen LogP contribution in [0.25, 0.3) is 17.3 Å². The normalized spacial score (nSPS) is 11.6. The number of rotatable bonds is 13. The van der Waals surface area contributed by atoms with Crippen LogP contribution in [0.1, 0.15) is 26.7 Å². The molecule has 0 aliphatic heterocycles. The smallest absolute Gasteiger partial charge is 0.272 e. The van der Waals surface area contributed by atoms with E-state index in [2.05, 4.69) is 20.9 Å². The highest BCUT2D eigenvalue weighted by molar-refractivity contribution is 8.00. The fourth-order valence-electron chi connectivity index (χ4n) is 5.17. The van der Waals surface area contributed by atoms with Crippen molar-refractivity contribution in [1.29, 1.82) is 0 Å². The van der Waals surface area contributed by atoms with Crippen LogP contribution in [0.5, 0.6) is 5.75 Å². The number of hydrogen-bond donors (Lipinski definition) is 3. The molecule has 0 spiro atoms. The van der Waals surface area contributed by atoms with Crippen LogP contribution in [0.3, 0.4) is 0 Å². The molecule has 6 aromatic rings. The zero-order chi connectivity index (χ0) is 37.2. The molecule has 1 heterocycles. The molecule has 5 aromatic carbocycles. The van der Waals surface area contributed by atoms with Crippen LogP contribution in [-0.2, 0) is 9.59 Å². The molecule has 1 aromatic heterocycles. The molecule has 53 heavy (non-hydrogen) atoms. The number of carbonyl (C=O) groups excluding carboxylic acids is 3. The molecular formula is C40H31N5O6S2. The number of anilines is 2. The average Bonchev–Trinajstić information content (AvgIpc) is 3.65. The van der Waals surface area contributed by atoms with E-state index < -0.39 is 22.0 Å². The van der Waals surface area contributed by atoms with Gasteiger partial charge >= 0.3 is 0 Å². The van der Waals surface area contributed by atoms with E-state index in [1.54, 1.807) is 55.6 Å². The van der Waals surface area contributed by atoms with Crippen LogP contribution in [0.15, 0.2) is 149 Å². The summed E-state index contributed by atoms with van der Waals surface area (Å²) in [5, 5.41) is 21.2. The van der Waals surface area contributed by atoms with Crippen molar-refractivity contribution in [2.45, 2.75) is 10.1 Å². The Kier molecular flexibility index (Phi) is 11.7. The molecule has 6 rings (SSSR count). The van der Waals surface area contributed by atoms with E-state index in [1.165, 1.54) is 53.4 Å². The van der Waals surface area contributed by atoms with Crippen LogP contribution < -0.4 is 20.7 Å². The zero-order valence-corrected chi connectivity index (χ0v) is 29.7. The van der Waals surface area contributed by atoms with Crippen LogP contribution in [0.4, 0.5) is 16.5 Å². The molecule has 1 atom stereocenters. The molecule has 3 amide bonds. The van der Waals surface area contributed by atoms with Gasteiger partial charge in [-0.2, -0.15) is 0 Å². The molecule has 11 nitrogen and oxygen atoms in total. The van der Waals surface area contributed by atoms with Crippen LogP contribution >= 0.6 is 23.1 Å². The Labute approximate surface area is 312 Å². The quantitative estimate of drug-likeness (QED) is 0.0461. The summed E-state index contributed by atoms with van der Waals surface area (Å²) in [6, 6.07) is 37.9. The number of nitro groups is 1. The van der Waals surface area contributed by atoms with E-state index >= 15 is 0 Å². The molecule has 3 N–H and O–H groups in total. The standard InChI is InChI=1S/C40H31N5O6S2/c1-51-35-18-9-8-17-32(35)34-25-52-40(43-34)44-39(48)36(27-11-4-2-5-12-27)53-31-16-10-15-29(24-31)41-38(47)33(42-37(46)28-13-6-3-7-14-28)23-26-19-21-30(22-20-26)45(49)50/h2-25,36H,1H3,(H,41,47)(H,42,46)(H,43,44,48)/b33-23+. The Morgan fingerprint density at radius 2 is 1.55 bits per heavy atom. The van der Waals surface area contributed by atoms with E-state index in [9.17, 15) is 24.5 Å². The van der Waals surface area contributed by atoms with Crippen molar-refractivity contribution in [3.05, 3.63) is 171 Å². The average molecular weight is 742 g/mol. The fourth-order valence-corrected chi connectivity index (χ4v) is 6.96. The number of aromatic nitrogens is 1. The molecule has 0 radical (unpaired) electrons. The van der Waals surface area contributed by atoms with Gasteiger partial charge in [-0.3, -0.25) is 24.5 Å². The lowest BCUT2D eigenvalue weighted by Gasteiger charge is -2.17. The maximum absolute atomic E-state index is 13.8. The van der Waals surface area contributed by atoms with Gasteiger partial charge in [0.05, 0.1) is 17.7 Å². The number of carbonyl (C=O) groups is 3. The van der Waals surface area contributed by atoms with Crippen LogP contribution in [0.2, 0.25) is 0 Å². The predicted molar refractivity (Wildman–Crippen MR) is 208 cm³/mol. The number of hydrogen-bond acceptors (Lipinski definition) is 9. The lowest BCUT2D eigenvalue weighted by Crippen LogP contribution is -2.30. The molecule has 0 saturated carbocycles. The van der Waals surface area contributed by atoms with Gasteiger partial charge in [0, 0.05) is 39.2 Å². The summed E-state index contributed by atoms with van der Waals surface area (Å²) < 4.78 is 5.48. The molecule has 0 saturated heterocycles. The molecule has 0 fully saturated rings. The Hall–Kier alpha value is -6.57. The van der Waals surface area contributed by atoms with Crippen molar-refractivity contribution in [2.75, 3.05) is 17.7 Å². The van der Waals surface area contributed by atoms with E-state index in [0.29, 0.717) is 38.3 Å². The summed E-state index contributed by atoms with van der Waals surface area (Å²) >= 11 is 2.60. The molecule has 13 heteroatoms. The summed E-state index contributed by atoms with van der Waals surface area (Å²) in [5.74, 6) is -0.742. The number of nitrogens with zero attached hydrogens (tertiary/aromatic N) is 2. The van der Waals surface area contributed by atoms with Gasteiger partial charge in [0.1, 0.15) is 16.7 Å². The molecule has 264 valence electrons. The first kappa shape index (κ1) is 36.2. The number of thiazole rings is 1. The lowest BCUT2D eigenvalue weighted by atomic mass is 10.1. The number of methoxy groups -OCH3 is 1. The summed E-state index contributed by atoms with van der Waals surface area (Å²) in [4.78, 5) is 56.6. The highest BCUT2D eigenvalue weighted by atomic mass is 32.2. The number of thioether (sulfide) groups is 1. The highest BCUT2D eigenvalue weighted by Gasteiger charge is 2.24. The van der Waals surface area contributed by atoms with Gasteiger partial charge in [0.2, 0.25) is 5.91 Å². The van der Waals surface area contributed by atoms with Gasteiger partial charge < -0.3 is 20.7 Å². The van der Waals surface area contributed by atoms with Crippen molar-refractivity contribution < 1.29 is 24.0 Å². The number of nitro benzene ring substituents is 1. The third-order valence-corrected chi connectivity index (χ3v) is 9.75. The minimum atomic E-state index is -0.677. The molecule has 0 bridgehead atoms. The number of non-ortho nitro benzene ring substituents is 1. The van der Waals surface area contributed by atoms with Crippen molar-refractivity contribution in [1.82, 2.24) is 10.3 Å². The molecular weight excluding hydrogens is 711 g/mol. The Morgan fingerprint density at radius 3 is 2.26 bits per heavy atom. The first-order valence-corrected chi connectivity index (χ1v) is 17.9. The zero-order valence-electron chi connectivity index (χ0n) is 28.1. The number of ether oxygens (including phenoxy) is 1. The maximum atomic E-state index is 13.8. The predicted octanol–water partition coefficient (Wildman–Crippen LogP) is 8.61. The topological polar surface area (TPSA) is 153 Å². The van der Waals surface area contributed by atoms with E-state index in [1.807, 2.05) is 66.0 Å². The number of para-hydroxylation sites is 1. The van der Waals surface area contributed by atoms with Crippen molar-refractivity contribution in [2.24, 2.45) is 0 Å². The van der Waals surface area contributed by atoms with Gasteiger partial charge in [-0.05, 0) is 71.8 Å². The second kappa shape index (κ2) is 17.1. The van der Waals surface area contributed by atoms with Crippen LogP contribution in [-0.4, -0.2) is 34.7 Å². The highest BCUT2D eigenvalue weighted by Crippen LogP contribution is 2.38. The second-order valence-electron chi connectivity index (χ2n) is 11.3. The summed E-state index contributed by atoms with van der Waals surface area (Å²) in [6.45, 7) is 0. The van der Waals surface area contributed by atoms with E-state index in [0.717, 1.165) is 11.1 Å². The molecule has 0 aliphatic rings. The van der Waals surface area contributed by atoms with Gasteiger partial charge in [0.25, 0.3) is 17.5 Å². The van der Waals surface area contributed by atoms with Crippen LogP contribution in [0, 0.1) is 10.1 Å². The lowest BCUT2D eigenvalue weighted by molar-refractivity contribution is -0.384. The maximum Gasteiger partial charge on any atom is 0.272 e. The SMILES string of the molecule is COc1ccccc1-c1csc(NC(=O)C(Sc2cccc(NC(=O)/C(=C\c3ccc([N+](=O)[O-])cc3)NC(=O)c3ccccc3)c2)c2ccccc2)n1. The Bertz CT molecular complexity index is 2280. The third-order valence-electron chi connectivity index (χ3n) is 7.75.